The molecular weight excluding hydrogens is 288 g/mol. The molecule has 0 rings (SSSR count). The standard InChI is InChI=1S/C20H42O3/c1-2-3-4-5-6-7-8-9-10-11-12-13-14-15-16-17-18-20(22,23)19-21/h21-23H,2-19H2,1H3. The van der Waals surface area contributed by atoms with Gasteiger partial charge < -0.3 is 15.3 Å². The van der Waals surface area contributed by atoms with E-state index in [1.54, 1.807) is 0 Å². The van der Waals surface area contributed by atoms with Crippen LogP contribution >= 0.6 is 0 Å². The zero-order valence-corrected chi connectivity index (χ0v) is 15.6. The number of hydrogen-bond donors (Lipinski definition) is 3. The Balaban J connectivity index is 3.05. The molecule has 0 aromatic carbocycles. The fraction of sp³-hybridized carbons (Fsp3) is 1.00. The molecule has 0 saturated heterocycles. The van der Waals surface area contributed by atoms with E-state index >= 15 is 0 Å². The Hall–Kier alpha value is -0.120. The second-order valence-electron chi connectivity index (χ2n) is 7.19. The van der Waals surface area contributed by atoms with Crippen molar-refractivity contribution in [1.29, 1.82) is 0 Å². The van der Waals surface area contributed by atoms with Gasteiger partial charge in [0.05, 0.1) is 6.61 Å². The average Bonchev–Trinajstić information content (AvgIpc) is 2.54. The van der Waals surface area contributed by atoms with Crippen molar-refractivity contribution in [1.82, 2.24) is 0 Å². The van der Waals surface area contributed by atoms with Gasteiger partial charge in [-0.15, -0.1) is 0 Å². The van der Waals surface area contributed by atoms with Crippen molar-refractivity contribution in [2.45, 2.75) is 122 Å². The molecule has 0 aromatic heterocycles. The van der Waals surface area contributed by atoms with Crippen LogP contribution in [0, 0.1) is 0 Å². The Bertz CT molecular complexity index is 229. The summed E-state index contributed by atoms with van der Waals surface area (Å²) in [6.45, 7) is 1.71. The molecule has 140 valence electrons. The van der Waals surface area contributed by atoms with Gasteiger partial charge in [0.15, 0.2) is 5.79 Å². The molecule has 3 N–H and O–H groups in total. The second kappa shape index (κ2) is 16.7. The van der Waals surface area contributed by atoms with Gasteiger partial charge >= 0.3 is 0 Å². The molecular formula is C20H42O3. The largest absolute Gasteiger partial charge is 0.391 e. The fourth-order valence-electron chi connectivity index (χ4n) is 3.04. The van der Waals surface area contributed by atoms with E-state index in [0.29, 0.717) is 0 Å². The maximum Gasteiger partial charge on any atom is 0.186 e. The quantitative estimate of drug-likeness (QED) is 0.236. The Kier molecular flexibility index (Phi) is 16.6. The lowest BCUT2D eigenvalue weighted by molar-refractivity contribution is -0.191. The lowest BCUT2D eigenvalue weighted by Gasteiger charge is -2.18. The van der Waals surface area contributed by atoms with Crippen molar-refractivity contribution >= 4 is 0 Å². The van der Waals surface area contributed by atoms with Crippen LogP contribution in [0.5, 0.6) is 0 Å². The number of hydrogen-bond acceptors (Lipinski definition) is 3. The van der Waals surface area contributed by atoms with E-state index in [-0.39, 0.29) is 6.42 Å². The van der Waals surface area contributed by atoms with Gasteiger partial charge in [0.25, 0.3) is 0 Å². The molecule has 3 heteroatoms. The summed E-state index contributed by atoms with van der Waals surface area (Å²) in [6.07, 6.45) is 21.2. The van der Waals surface area contributed by atoms with Crippen molar-refractivity contribution in [3.05, 3.63) is 0 Å². The van der Waals surface area contributed by atoms with Crippen LogP contribution in [-0.2, 0) is 0 Å². The first kappa shape index (κ1) is 22.9. The molecule has 0 spiro atoms. The SMILES string of the molecule is CCCCCCCCCCCCCCCCCCC(O)(O)CO. The Morgan fingerprint density at radius 2 is 0.826 bits per heavy atom. The minimum Gasteiger partial charge on any atom is -0.391 e. The van der Waals surface area contributed by atoms with E-state index in [1.807, 2.05) is 0 Å². The van der Waals surface area contributed by atoms with Crippen molar-refractivity contribution in [3.8, 4) is 0 Å². The molecule has 23 heavy (non-hydrogen) atoms. The summed E-state index contributed by atoms with van der Waals surface area (Å²) in [5, 5.41) is 27.2. The summed E-state index contributed by atoms with van der Waals surface area (Å²) < 4.78 is 0. The summed E-state index contributed by atoms with van der Waals surface area (Å²) in [5.74, 6) is -1.87. The summed E-state index contributed by atoms with van der Waals surface area (Å²) >= 11 is 0. The number of unbranched alkanes of at least 4 members (excludes halogenated alkanes) is 15. The molecule has 0 unspecified atom stereocenters. The van der Waals surface area contributed by atoms with E-state index in [1.165, 1.54) is 89.9 Å². The fourth-order valence-corrected chi connectivity index (χ4v) is 3.04. The van der Waals surface area contributed by atoms with Crippen molar-refractivity contribution in [2.75, 3.05) is 6.61 Å². The lowest BCUT2D eigenvalue weighted by atomic mass is 10.0. The molecule has 0 fully saturated rings. The molecule has 0 heterocycles. The van der Waals surface area contributed by atoms with Crippen LogP contribution < -0.4 is 0 Å². The van der Waals surface area contributed by atoms with Gasteiger partial charge in [-0.25, -0.2) is 0 Å². The predicted molar refractivity (Wildman–Crippen MR) is 98.4 cm³/mol. The molecule has 0 radical (unpaired) electrons. The van der Waals surface area contributed by atoms with Crippen LogP contribution in [0.1, 0.15) is 116 Å². The average molecular weight is 331 g/mol. The summed E-state index contributed by atoms with van der Waals surface area (Å²) in [6, 6.07) is 0. The highest BCUT2D eigenvalue weighted by atomic mass is 16.5. The van der Waals surface area contributed by atoms with Crippen LogP contribution in [0.15, 0.2) is 0 Å². The molecule has 0 atom stereocenters. The maximum absolute atomic E-state index is 9.24. The van der Waals surface area contributed by atoms with E-state index in [4.69, 9.17) is 5.11 Å². The van der Waals surface area contributed by atoms with Crippen LogP contribution in [0.4, 0.5) is 0 Å². The normalized spacial score (nSPS) is 12.0. The molecule has 3 nitrogen and oxygen atoms in total. The van der Waals surface area contributed by atoms with Gasteiger partial charge in [0, 0.05) is 6.42 Å². The highest BCUT2D eigenvalue weighted by Gasteiger charge is 2.20. The first-order chi connectivity index (χ1) is 11.1. The zero-order valence-electron chi connectivity index (χ0n) is 15.6. The summed E-state index contributed by atoms with van der Waals surface area (Å²) in [5.41, 5.74) is 0. The monoisotopic (exact) mass is 330 g/mol. The first-order valence-electron chi connectivity index (χ1n) is 10.2. The van der Waals surface area contributed by atoms with Crippen LogP contribution in [-0.4, -0.2) is 27.7 Å². The number of aliphatic hydroxyl groups excluding tert-OH is 1. The summed E-state index contributed by atoms with van der Waals surface area (Å²) in [7, 11) is 0. The summed E-state index contributed by atoms with van der Waals surface area (Å²) in [4.78, 5) is 0. The van der Waals surface area contributed by atoms with Gasteiger partial charge in [-0.1, -0.05) is 103 Å². The van der Waals surface area contributed by atoms with Gasteiger partial charge in [0.1, 0.15) is 0 Å². The molecule has 0 aliphatic carbocycles. The molecule has 0 aliphatic heterocycles. The third-order valence-electron chi connectivity index (χ3n) is 4.68. The van der Waals surface area contributed by atoms with Gasteiger partial charge in [-0.05, 0) is 6.42 Å². The highest BCUT2D eigenvalue weighted by Crippen LogP contribution is 2.15. The zero-order chi connectivity index (χ0) is 17.2. The molecule has 0 aromatic rings. The maximum atomic E-state index is 9.24. The van der Waals surface area contributed by atoms with E-state index in [2.05, 4.69) is 6.92 Å². The molecule has 0 aliphatic rings. The van der Waals surface area contributed by atoms with Gasteiger partial charge in [0.2, 0.25) is 0 Å². The smallest absolute Gasteiger partial charge is 0.186 e. The minimum absolute atomic E-state index is 0.280. The van der Waals surface area contributed by atoms with Crippen LogP contribution in [0.2, 0.25) is 0 Å². The second-order valence-corrected chi connectivity index (χ2v) is 7.19. The minimum atomic E-state index is -1.87. The third-order valence-corrected chi connectivity index (χ3v) is 4.68. The van der Waals surface area contributed by atoms with E-state index in [0.717, 1.165) is 12.8 Å². The van der Waals surface area contributed by atoms with E-state index in [9.17, 15) is 10.2 Å². The van der Waals surface area contributed by atoms with E-state index < -0.39 is 12.4 Å². The van der Waals surface area contributed by atoms with Gasteiger partial charge in [-0.3, -0.25) is 0 Å². The topological polar surface area (TPSA) is 60.7 Å². The first-order valence-corrected chi connectivity index (χ1v) is 10.2. The van der Waals surface area contributed by atoms with Crippen molar-refractivity contribution in [2.24, 2.45) is 0 Å². The number of rotatable bonds is 18. The molecule has 0 saturated carbocycles. The lowest BCUT2D eigenvalue weighted by Crippen LogP contribution is -2.32. The van der Waals surface area contributed by atoms with Crippen molar-refractivity contribution in [3.63, 3.8) is 0 Å². The van der Waals surface area contributed by atoms with Crippen LogP contribution in [0.25, 0.3) is 0 Å². The van der Waals surface area contributed by atoms with Crippen molar-refractivity contribution < 1.29 is 15.3 Å². The third kappa shape index (κ3) is 18.1. The Labute approximate surface area is 144 Å². The van der Waals surface area contributed by atoms with Gasteiger partial charge in [-0.2, -0.15) is 0 Å². The molecule has 0 bridgehead atoms. The highest BCUT2D eigenvalue weighted by molar-refractivity contribution is 4.62. The molecule has 0 amide bonds. The predicted octanol–water partition coefficient (Wildman–Crippen LogP) is 5.31. The van der Waals surface area contributed by atoms with Crippen LogP contribution in [0.3, 0.4) is 0 Å². The number of aliphatic hydroxyl groups is 3. The Morgan fingerprint density at radius 1 is 0.522 bits per heavy atom. The Morgan fingerprint density at radius 3 is 1.13 bits per heavy atom.